The molecule has 0 saturated carbocycles. The van der Waals surface area contributed by atoms with Crippen LogP contribution in [0.1, 0.15) is 22.1 Å². The number of halogens is 2. The van der Waals surface area contributed by atoms with Crippen LogP contribution in [0.4, 0.5) is 10.1 Å². The average molecular weight is 277 g/mol. The van der Waals surface area contributed by atoms with E-state index in [9.17, 15) is 9.18 Å². The second-order valence-electron chi connectivity index (χ2n) is 4.29. The molecule has 0 fully saturated rings. The molecule has 1 amide bonds. The van der Waals surface area contributed by atoms with Crippen LogP contribution >= 0.6 is 11.6 Å². The Morgan fingerprint density at radius 1 is 1.05 bits per heavy atom. The number of rotatable bonds is 1. The van der Waals surface area contributed by atoms with Crippen LogP contribution in [0.2, 0.25) is 5.02 Å². The van der Waals surface area contributed by atoms with E-state index in [1.165, 1.54) is 12.1 Å². The fourth-order valence-electron chi connectivity index (χ4n) is 2.05. The van der Waals surface area contributed by atoms with Crippen molar-refractivity contribution in [2.45, 2.75) is 6.17 Å². The summed E-state index contributed by atoms with van der Waals surface area (Å²) < 4.78 is 12.9. The van der Waals surface area contributed by atoms with Crippen molar-refractivity contribution in [2.75, 3.05) is 5.32 Å². The van der Waals surface area contributed by atoms with E-state index in [0.29, 0.717) is 16.3 Å². The lowest BCUT2D eigenvalue weighted by Crippen LogP contribution is -2.38. The number of fused-ring (bicyclic) bond motifs is 1. The van der Waals surface area contributed by atoms with Crippen molar-refractivity contribution in [3.05, 3.63) is 64.4 Å². The van der Waals surface area contributed by atoms with Crippen molar-refractivity contribution in [2.24, 2.45) is 0 Å². The molecule has 3 nitrogen and oxygen atoms in total. The Hall–Kier alpha value is -2.07. The lowest BCUT2D eigenvalue weighted by Gasteiger charge is -2.28. The van der Waals surface area contributed by atoms with E-state index < -0.39 is 0 Å². The minimum atomic E-state index is -0.373. The van der Waals surface area contributed by atoms with Gasteiger partial charge in [0.15, 0.2) is 0 Å². The van der Waals surface area contributed by atoms with Crippen LogP contribution in [-0.2, 0) is 0 Å². The van der Waals surface area contributed by atoms with Gasteiger partial charge in [-0.1, -0.05) is 23.7 Å². The molecule has 5 heteroatoms. The molecular formula is C14H10ClFN2O. The molecule has 1 atom stereocenters. The highest BCUT2D eigenvalue weighted by atomic mass is 35.5. The molecule has 2 N–H and O–H groups in total. The molecule has 19 heavy (non-hydrogen) atoms. The van der Waals surface area contributed by atoms with E-state index in [2.05, 4.69) is 10.6 Å². The normalized spacial score (nSPS) is 17.4. The first-order valence-electron chi connectivity index (χ1n) is 5.76. The minimum Gasteiger partial charge on any atom is -0.361 e. The highest BCUT2D eigenvalue weighted by Crippen LogP contribution is 2.28. The van der Waals surface area contributed by atoms with Gasteiger partial charge < -0.3 is 10.6 Å². The van der Waals surface area contributed by atoms with Gasteiger partial charge in [-0.05, 0) is 35.9 Å². The van der Waals surface area contributed by atoms with E-state index in [4.69, 9.17) is 11.6 Å². The molecule has 3 rings (SSSR count). The molecule has 0 aliphatic carbocycles. The van der Waals surface area contributed by atoms with E-state index in [1.54, 1.807) is 30.3 Å². The number of hydrogen-bond acceptors (Lipinski definition) is 2. The van der Waals surface area contributed by atoms with Gasteiger partial charge in [0, 0.05) is 10.7 Å². The largest absolute Gasteiger partial charge is 0.361 e. The van der Waals surface area contributed by atoms with Crippen LogP contribution in [-0.4, -0.2) is 5.91 Å². The maximum absolute atomic E-state index is 12.9. The highest BCUT2D eigenvalue weighted by Gasteiger charge is 2.24. The number of benzene rings is 2. The fourth-order valence-corrected chi connectivity index (χ4v) is 2.22. The van der Waals surface area contributed by atoms with E-state index >= 15 is 0 Å². The van der Waals surface area contributed by atoms with Crippen molar-refractivity contribution in [1.82, 2.24) is 5.32 Å². The molecule has 96 valence electrons. The van der Waals surface area contributed by atoms with Crippen molar-refractivity contribution < 1.29 is 9.18 Å². The summed E-state index contributed by atoms with van der Waals surface area (Å²) in [5.41, 5.74) is 2.00. The molecule has 2 aromatic carbocycles. The quantitative estimate of drug-likeness (QED) is 0.839. The number of carbonyl (C=O) groups is 1. The summed E-state index contributed by atoms with van der Waals surface area (Å²) in [6.07, 6.45) is -0.373. The number of hydrogen-bond donors (Lipinski definition) is 2. The third-order valence-electron chi connectivity index (χ3n) is 3.00. The molecule has 0 radical (unpaired) electrons. The SMILES string of the molecule is O=C1NC(c2ccc(F)cc2)Nc2ccc(Cl)cc21. The Balaban J connectivity index is 1.95. The van der Waals surface area contributed by atoms with E-state index in [1.807, 2.05) is 0 Å². The Bertz CT molecular complexity index is 642. The molecule has 1 aliphatic rings. The van der Waals surface area contributed by atoms with Crippen molar-refractivity contribution >= 4 is 23.2 Å². The zero-order valence-electron chi connectivity index (χ0n) is 9.78. The van der Waals surface area contributed by atoms with E-state index in [-0.39, 0.29) is 17.9 Å². The monoisotopic (exact) mass is 276 g/mol. The van der Waals surface area contributed by atoms with Gasteiger partial charge >= 0.3 is 0 Å². The van der Waals surface area contributed by atoms with Crippen LogP contribution in [0.15, 0.2) is 42.5 Å². The third-order valence-corrected chi connectivity index (χ3v) is 3.24. The first-order chi connectivity index (χ1) is 9.13. The standard InChI is InChI=1S/C14H10ClFN2O/c15-9-3-6-12-11(7-9)14(19)18-13(17-12)8-1-4-10(16)5-2-8/h1-7,13,17H,(H,18,19). The zero-order valence-corrected chi connectivity index (χ0v) is 10.5. The first-order valence-corrected chi connectivity index (χ1v) is 6.14. The van der Waals surface area contributed by atoms with Gasteiger partial charge in [-0.15, -0.1) is 0 Å². The molecular weight excluding hydrogens is 267 g/mol. The third kappa shape index (κ3) is 2.27. The van der Waals surface area contributed by atoms with Gasteiger partial charge in [0.1, 0.15) is 12.0 Å². The van der Waals surface area contributed by atoms with Crippen LogP contribution in [0.25, 0.3) is 0 Å². The maximum Gasteiger partial charge on any atom is 0.255 e. The Labute approximate surface area is 114 Å². The van der Waals surface area contributed by atoms with Crippen LogP contribution < -0.4 is 10.6 Å². The summed E-state index contributed by atoms with van der Waals surface area (Å²) in [5, 5.41) is 6.49. The summed E-state index contributed by atoms with van der Waals surface area (Å²) in [7, 11) is 0. The molecule has 1 aliphatic heterocycles. The summed E-state index contributed by atoms with van der Waals surface area (Å²) in [4.78, 5) is 12.0. The number of carbonyl (C=O) groups excluding carboxylic acids is 1. The van der Waals surface area contributed by atoms with Crippen molar-refractivity contribution in [3.63, 3.8) is 0 Å². The fraction of sp³-hybridized carbons (Fsp3) is 0.0714. The van der Waals surface area contributed by atoms with Crippen LogP contribution in [0.5, 0.6) is 0 Å². The number of amides is 1. The zero-order chi connectivity index (χ0) is 13.4. The Kier molecular flexibility index (Phi) is 2.87. The molecule has 0 bridgehead atoms. The lowest BCUT2D eigenvalue weighted by molar-refractivity contribution is 0.0935. The summed E-state index contributed by atoms with van der Waals surface area (Å²) in [6.45, 7) is 0. The molecule has 1 unspecified atom stereocenters. The summed E-state index contributed by atoms with van der Waals surface area (Å²) in [6, 6.07) is 11.1. The van der Waals surface area contributed by atoms with Gasteiger partial charge in [-0.2, -0.15) is 0 Å². The van der Waals surface area contributed by atoms with Crippen LogP contribution in [0, 0.1) is 5.82 Å². The molecule has 2 aromatic rings. The maximum atomic E-state index is 12.9. The molecule has 0 saturated heterocycles. The Morgan fingerprint density at radius 2 is 1.79 bits per heavy atom. The second kappa shape index (κ2) is 4.55. The lowest BCUT2D eigenvalue weighted by atomic mass is 10.1. The Morgan fingerprint density at radius 3 is 2.53 bits per heavy atom. The molecule has 0 spiro atoms. The van der Waals surface area contributed by atoms with Crippen molar-refractivity contribution in [1.29, 1.82) is 0 Å². The summed E-state index contributed by atoms with van der Waals surface area (Å²) >= 11 is 5.86. The van der Waals surface area contributed by atoms with Crippen molar-refractivity contribution in [3.8, 4) is 0 Å². The van der Waals surface area contributed by atoms with Gasteiger partial charge in [-0.25, -0.2) is 4.39 Å². The van der Waals surface area contributed by atoms with Gasteiger partial charge in [0.05, 0.1) is 5.56 Å². The van der Waals surface area contributed by atoms with Gasteiger partial charge in [-0.3, -0.25) is 4.79 Å². The predicted octanol–water partition coefficient (Wildman–Crippen LogP) is 3.33. The first kappa shape index (κ1) is 12.0. The van der Waals surface area contributed by atoms with Gasteiger partial charge in [0.2, 0.25) is 0 Å². The molecule has 0 aromatic heterocycles. The van der Waals surface area contributed by atoms with Crippen LogP contribution in [0.3, 0.4) is 0 Å². The minimum absolute atomic E-state index is 0.203. The summed E-state index contributed by atoms with van der Waals surface area (Å²) in [5.74, 6) is -0.511. The predicted molar refractivity (Wildman–Crippen MR) is 71.7 cm³/mol. The van der Waals surface area contributed by atoms with E-state index in [0.717, 1.165) is 5.56 Å². The smallest absolute Gasteiger partial charge is 0.255 e. The van der Waals surface area contributed by atoms with Gasteiger partial charge in [0.25, 0.3) is 5.91 Å². The second-order valence-corrected chi connectivity index (χ2v) is 4.73. The average Bonchev–Trinajstić information content (AvgIpc) is 2.40. The number of nitrogens with one attached hydrogen (secondary N) is 2. The highest BCUT2D eigenvalue weighted by molar-refractivity contribution is 6.31. The topological polar surface area (TPSA) is 41.1 Å². The molecule has 1 heterocycles. The number of anilines is 1.